The highest BCUT2D eigenvalue weighted by atomic mass is 16.4. The molecule has 0 fully saturated rings. The maximum absolute atomic E-state index is 11.6. The van der Waals surface area contributed by atoms with Crippen LogP contribution >= 0.6 is 0 Å². The summed E-state index contributed by atoms with van der Waals surface area (Å²) in [7, 11) is 0. The van der Waals surface area contributed by atoms with E-state index < -0.39 is 12.0 Å². The van der Waals surface area contributed by atoms with Crippen molar-refractivity contribution < 1.29 is 14.7 Å². The molecule has 1 aromatic carbocycles. The molecule has 0 saturated heterocycles. The molecule has 2 aromatic rings. The van der Waals surface area contributed by atoms with Crippen LogP contribution in [0.1, 0.15) is 16.1 Å². The Morgan fingerprint density at radius 3 is 2.79 bits per heavy atom. The van der Waals surface area contributed by atoms with Gasteiger partial charge in [0.05, 0.1) is 29.8 Å². The second-order valence-corrected chi connectivity index (χ2v) is 3.74. The molecule has 0 saturated carbocycles. The number of carboxylic acid groups (broad SMARTS) is 1. The van der Waals surface area contributed by atoms with Gasteiger partial charge in [-0.25, -0.2) is 14.6 Å². The number of carbonyl (C=O) groups excluding carboxylic acids is 1. The molecular weight excluding hydrogens is 248 g/mol. The largest absolute Gasteiger partial charge is 0.478 e. The maximum Gasteiger partial charge on any atom is 0.337 e. The van der Waals surface area contributed by atoms with Gasteiger partial charge in [0.1, 0.15) is 0 Å². The topological polar surface area (TPSA) is 107 Å². The smallest absolute Gasteiger partial charge is 0.337 e. The molecule has 4 N–H and O–H groups in total. The van der Waals surface area contributed by atoms with E-state index in [1.165, 1.54) is 18.5 Å². The molecule has 2 rings (SSSR count). The number of aromatic carboxylic acids is 1. The number of nitrogens with zero attached hydrogens (tertiary/aromatic N) is 1. The second-order valence-electron chi connectivity index (χ2n) is 3.74. The Morgan fingerprint density at radius 2 is 2.11 bits per heavy atom. The van der Waals surface area contributed by atoms with Crippen molar-refractivity contribution in [3.8, 4) is 0 Å². The van der Waals surface area contributed by atoms with Crippen molar-refractivity contribution >= 4 is 17.7 Å². The Kier molecular flexibility index (Phi) is 3.77. The van der Waals surface area contributed by atoms with Crippen molar-refractivity contribution in [2.45, 2.75) is 6.54 Å². The van der Waals surface area contributed by atoms with Crippen LogP contribution in [0.5, 0.6) is 0 Å². The van der Waals surface area contributed by atoms with E-state index in [9.17, 15) is 9.59 Å². The predicted octanol–water partition coefficient (Wildman–Crippen LogP) is 1.43. The van der Waals surface area contributed by atoms with Gasteiger partial charge in [0.15, 0.2) is 0 Å². The Hall–Kier alpha value is -2.83. The molecule has 0 aliphatic heterocycles. The minimum Gasteiger partial charge on any atom is -0.478 e. The first-order chi connectivity index (χ1) is 9.16. The number of H-pyrrole nitrogens is 1. The number of aromatic nitrogens is 2. The van der Waals surface area contributed by atoms with E-state index in [1.54, 1.807) is 18.3 Å². The summed E-state index contributed by atoms with van der Waals surface area (Å²) in [6.45, 7) is 0.279. The molecular formula is C12H12N4O3. The third kappa shape index (κ3) is 3.32. The van der Waals surface area contributed by atoms with Crippen molar-refractivity contribution in [1.29, 1.82) is 0 Å². The molecule has 0 radical (unpaired) electrons. The molecule has 0 atom stereocenters. The van der Waals surface area contributed by atoms with Crippen LogP contribution in [0.25, 0.3) is 0 Å². The molecule has 0 bridgehead atoms. The van der Waals surface area contributed by atoms with Crippen LogP contribution in [-0.4, -0.2) is 27.1 Å². The molecule has 19 heavy (non-hydrogen) atoms. The Labute approximate surface area is 108 Å². The highest BCUT2D eigenvalue weighted by Crippen LogP contribution is 2.14. The predicted molar refractivity (Wildman–Crippen MR) is 67.8 cm³/mol. The number of aromatic amines is 1. The molecule has 0 spiro atoms. The number of benzene rings is 1. The first-order valence-corrected chi connectivity index (χ1v) is 5.51. The van der Waals surface area contributed by atoms with E-state index in [4.69, 9.17) is 5.11 Å². The van der Waals surface area contributed by atoms with Gasteiger partial charge in [0.2, 0.25) is 0 Å². The summed E-state index contributed by atoms with van der Waals surface area (Å²) in [4.78, 5) is 29.3. The van der Waals surface area contributed by atoms with Gasteiger partial charge >= 0.3 is 12.0 Å². The van der Waals surface area contributed by atoms with E-state index in [0.29, 0.717) is 0 Å². The molecule has 0 aliphatic carbocycles. The zero-order valence-electron chi connectivity index (χ0n) is 9.88. The van der Waals surface area contributed by atoms with E-state index in [0.717, 1.165) is 5.69 Å². The lowest BCUT2D eigenvalue weighted by Crippen LogP contribution is -2.29. The molecule has 0 aliphatic rings. The summed E-state index contributed by atoms with van der Waals surface area (Å²) in [6, 6.07) is 5.71. The third-order valence-electron chi connectivity index (χ3n) is 2.40. The fourth-order valence-corrected chi connectivity index (χ4v) is 1.50. The molecule has 98 valence electrons. The Bertz CT molecular complexity index is 580. The number of anilines is 1. The number of nitrogens with one attached hydrogen (secondary N) is 3. The first kappa shape index (κ1) is 12.6. The summed E-state index contributed by atoms with van der Waals surface area (Å²) in [6.07, 6.45) is 3.10. The summed E-state index contributed by atoms with van der Waals surface area (Å²) in [5.41, 5.74) is 1.04. The van der Waals surface area contributed by atoms with Crippen LogP contribution in [-0.2, 0) is 6.54 Å². The number of urea groups is 1. The average molecular weight is 260 g/mol. The lowest BCUT2D eigenvalue weighted by molar-refractivity contribution is 0.0698. The number of amides is 2. The number of para-hydroxylation sites is 1. The monoisotopic (exact) mass is 260 g/mol. The van der Waals surface area contributed by atoms with Gasteiger partial charge in [-0.3, -0.25) is 0 Å². The highest BCUT2D eigenvalue weighted by molar-refractivity contribution is 5.99. The molecule has 7 heteroatoms. The normalized spacial score (nSPS) is 9.89. The summed E-state index contributed by atoms with van der Waals surface area (Å²) >= 11 is 0. The van der Waals surface area contributed by atoms with Crippen LogP contribution in [0.4, 0.5) is 10.5 Å². The molecule has 1 aromatic heterocycles. The SMILES string of the molecule is O=C(NCc1cnc[nH]1)Nc1ccccc1C(=O)O. The van der Waals surface area contributed by atoms with Crippen molar-refractivity contribution in [1.82, 2.24) is 15.3 Å². The van der Waals surface area contributed by atoms with Crippen molar-refractivity contribution in [2.75, 3.05) is 5.32 Å². The van der Waals surface area contributed by atoms with Crippen LogP contribution in [0.2, 0.25) is 0 Å². The fraction of sp³-hybridized carbons (Fsp3) is 0.0833. The van der Waals surface area contributed by atoms with Crippen molar-refractivity contribution in [3.05, 3.63) is 48.0 Å². The molecule has 1 heterocycles. The van der Waals surface area contributed by atoms with Crippen LogP contribution in [0.15, 0.2) is 36.8 Å². The van der Waals surface area contributed by atoms with Gasteiger partial charge in [0, 0.05) is 6.20 Å². The average Bonchev–Trinajstić information content (AvgIpc) is 2.90. The number of carboxylic acids is 1. The number of imidazole rings is 1. The number of rotatable bonds is 4. The second kappa shape index (κ2) is 5.67. The zero-order chi connectivity index (χ0) is 13.7. The first-order valence-electron chi connectivity index (χ1n) is 5.51. The van der Waals surface area contributed by atoms with E-state index >= 15 is 0 Å². The molecule has 7 nitrogen and oxygen atoms in total. The van der Waals surface area contributed by atoms with Gasteiger partial charge in [-0.2, -0.15) is 0 Å². The summed E-state index contributed by atoms with van der Waals surface area (Å²) in [5, 5.41) is 14.0. The minimum absolute atomic E-state index is 0.0409. The van der Waals surface area contributed by atoms with E-state index in [-0.39, 0.29) is 17.8 Å². The van der Waals surface area contributed by atoms with E-state index in [2.05, 4.69) is 20.6 Å². The summed E-state index contributed by atoms with van der Waals surface area (Å²) < 4.78 is 0. The van der Waals surface area contributed by atoms with Gasteiger partial charge in [-0.15, -0.1) is 0 Å². The standard InChI is InChI=1S/C12H12N4O3/c17-11(18)9-3-1-2-4-10(9)16-12(19)14-6-8-5-13-7-15-8/h1-5,7H,6H2,(H,13,15)(H,17,18)(H2,14,16,19). The lowest BCUT2D eigenvalue weighted by Gasteiger charge is -2.09. The number of hydrogen-bond donors (Lipinski definition) is 4. The molecule has 2 amide bonds. The van der Waals surface area contributed by atoms with Crippen molar-refractivity contribution in [3.63, 3.8) is 0 Å². The lowest BCUT2D eigenvalue weighted by atomic mass is 10.2. The maximum atomic E-state index is 11.6. The van der Waals surface area contributed by atoms with Gasteiger partial charge in [-0.05, 0) is 12.1 Å². The number of hydrogen-bond acceptors (Lipinski definition) is 3. The van der Waals surface area contributed by atoms with Crippen LogP contribution < -0.4 is 10.6 Å². The summed E-state index contributed by atoms with van der Waals surface area (Å²) in [5.74, 6) is -1.09. The van der Waals surface area contributed by atoms with Gasteiger partial charge < -0.3 is 20.7 Å². The minimum atomic E-state index is -1.09. The Balaban J connectivity index is 1.97. The molecule has 0 unspecified atom stereocenters. The van der Waals surface area contributed by atoms with Gasteiger partial charge in [0.25, 0.3) is 0 Å². The Morgan fingerprint density at radius 1 is 1.32 bits per heavy atom. The zero-order valence-corrected chi connectivity index (χ0v) is 9.88. The quantitative estimate of drug-likeness (QED) is 0.667. The van der Waals surface area contributed by atoms with E-state index in [1.807, 2.05) is 0 Å². The van der Waals surface area contributed by atoms with Gasteiger partial charge in [-0.1, -0.05) is 12.1 Å². The van der Waals surface area contributed by atoms with Crippen LogP contribution in [0, 0.1) is 0 Å². The van der Waals surface area contributed by atoms with Crippen LogP contribution in [0.3, 0.4) is 0 Å². The third-order valence-corrected chi connectivity index (χ3v) is 2.40. The number of carbonyl (C=O) groups is 2. The fourth-order valence-electron chi connectivity index (χ4n) is 1.50. The highest BCUT2D eigenvalue weighted by Gasteiger charge is 2.11. The van der Waals surface area contributed by atoms with Crippen molar-refractivity contribution in [2.24, 2.45) is 0 Å².